The summed E-state index contributed by atoms with van der Waals surface area (Å²) in [5, 5.41) is 11.8. The van der Waals surface area contributed by atoms with Crippen LogP contribution in [0.4, 0.5) is 20.6 Å². The zero-order chi connectivity index (χ0) is 27.2. The van der Waals surface area contributed by atoms with Crippen LogP contribution in [0.25, 0.3) is 16.6 Å². The number of likely N-dealkylation sites (N-methyl/N-ethyl adjacent to an activating group) is 1. The van der Waals surface area contributed by atoms with Gasteiger partial charge >= 0.3 is 6.09 Å². The van der Waals surface area contributed by atoms with Gasteiger partial charge in [-0.25, -0.2) is 14.2 Å². The summed E-state index contributed by atoms with van der Waals surface area (Å²) >= 11 is 0. The topological polar surface area (TPSA) is 105 Å². The summed E-state index contributed by atoms with van der Waals surface area (Å²) in [4.78, 5) is 33.8. The van der Waals surface area contributed by atoms with Gasteiger partial charge in [-0.3, -0.25) is 4.79 Å². The van der Waals surface area contributed by atoms with Gasteiger partial charge in [0.05, 0.1) is 29.2 Å². The molecule has 2 amide bonds. The van der Waals surface area contributed by atoms with Gasteiger partial charge in [-0.2, -0.15) is 5.10 Å². The van der Waals surface area contributed by atoms with Crippen LogP contribution in [0, 0.1) is 12.7 Å². The molecule has 1 atom stereocenters. The highest BCUT2D eigenvalue weighted by molar-refractivity contribution is 6.13. The standard InChI is InChI=1S/C27H30FN7O3/c1-16-13-35-14-17(12-21(28)24(35)30-16)31-25(36)20-6-7-22(19-8-10-29-32-23(19)20)34-11-9-18(15-34)33(5)26(37)38-27(2,3)4/h6-8,10,12-14,18H,9,11,15H2,1-5H3,(H,31,36). The van der Waals surface area contributed by atoms with Crippen LogP contribution in [-0.2, 0) is 4.74 Å². The largest absolute Gasteiger partial charge is 0.444 e. The maximum atomic E-state index is 14.5. The Bertz CT molecular complexity index is 1550. The quantitative estimate of drug-likeness (QED) is 0.425. The normalized spacial score (nSPS) is 15.7. The Morgan fingerprint density at radius 1 is 1.21 bits per heavy atom. The Kier molecular flexibility index (Phi) is 6.38. The number of hydrogen-bond acceptors (Lipinski definition) is 7. The SMILES string of the molecule is Cc1cn2cc(NC(=O)c3ccc(N4CCC(N(C)C(=O)OC(C)(C)C)C4)c4ccnnc34)cc(F)c2n1. The van der Waals surface area contributed by atoms with Crippen molar-refractivity contribution in [2.75, 3.05) is 30.4 Å². The minimum atomic E-state index is -0.565. The van der Waals surface area contributed by atoms with Gasteiger partial charge in [0, 0.05) is 49.7 Å². The smallest absolute Gasteiger partial charge is 0.410 e. The number of benzene rings is 1. The number of pyridine rings is 1. The molecule has 4 aromatic rings. The Balaban J connectivity index is 1.38. The van der Waals surface area contributed by atoms with Crippen LogP contribution in [-0.4, -0.2) is 68.3 Å². The van der Waals surface area contributed by atoms with Crippen LogP contribution in [0.15, 0.2) is 42.9 Å². The second-order valence-corrected chi connectivity index (χ2v) is 10.5. The number of aryl methyl sites for hydroxylation is 1. The van der Waals surface area contributed by atoms with Crippen LogP contribution in [0.2, 0.25) is 0 Å². The van der Waals surface area contributed by atoms with E-state index in [9.17, 15) is 14.0 Å². The first kappa shape index (κ1) is 25.4. The van der Waals surface area contributed by atoms with Crippen LogP contribution in [0.1, 0.15) is 43.2 Å². The first-order valence-corrected chi connectivity index (χ1v) is 12.4. The lowest BCUT2D eigenvalue weighted by atomic mass is 10.1. The minimum absolute atomic E-state index is 0.0192. The van der Waals surface area contributed by atoms with Crippen LogP contribution in [0.5, 0.6) is 0 Å². The third-order valence-corrected chi connectivity index (χ3v) is 6.52. The van der Waals surface area contributed by atoms with Crippen molar-refractivity contribution in [1.29, 1.82) is 0 Å². The van der Waals surface area contributed by atoms with E-state index in [0.717, 1.165) is 24.0 Å². The number of halogens is 1. The molecule has 0 radical (unpaired) electrons. The zero-order valence-corrected chi connectivity index (χ0v) is 22.0. The molecule has 1 aliphatic rings. The summed E-state index contributed by atoms with van der Waals surface area (Å²) in [6.45, 7) is 8.65. The average Bonchev–Trinajstić information content (AvgIpc) is 3.48. The molecule has 198 valence electrons. The van der Waals surface area contributed by atoms with Crippen molar-refractivity contribution in [2.45, 2.75) is 45.8 Å². The van der Waals surface area contributed by atoms with Gasteiger partial charge in [0.25, 0.3) is 5.91 Å². The number of aromatic nitrogens is 4. The maximum Gasteiger partial charge on any atom is 0.410 e. The molecular weight excluding hydrogens is 489 g/mol. The second-order valence-electron chi connectivity index (χ2n) is 10.5. The molecule has 1 N–H and O–H groups in total. The number of imidazole rings is 1. The van der Waals surface area contributed by atoms with Crippen LogP contribution >= 0.6 is 0 Å². The molecule has 0 spiro atoms. The molecule has 10 nitrogen and oxygen atoms in total. The predicted octanol–water partition coefficient (Wildman–Crippen LogP) is 4.42. The highest BCUT2D eigenvalue weighted by Gasteiger charge is 2.32. The number of rotatable bonds is 4. The van der Waals surface area contributed by atoms with E-state index in [1.54, 1.807) is 47.9 Å². The average molecular weight is 520 g/mol. The van der Waals surface area contributed by atoms with E-state index in [0.29, 0.717) is 29.0 Å². The van der Waals surface area contributed by atoms with Crippen molar-refractivity contribution in [2.24, 2.45) is 0 Å². The van der Waals surface area contributed by atoms with Gasteiger partial charge in [-0.1, -0.05) is 0 Å². The molecule has 1 unspecified atom stereocenters. The monoisotopic (exact) mass is 519 g/mol. The van der Waals surface area contributed by atoms with E-state index in [2.05, 4.69) is 25.4 Å². The highest BCUT2D eigenvalue weighted by Crippen LogP contribution is 2.32. The van der Waals surface area contributed by atoms with Gasteiger partial charge in [0.15, 0.2) is 11.5 Å². The van der Waals surface area contributed by atoms with Crippen LogP contribution in [0.3, 0.4) is 0 Å². The summed E-state index contributed by atoms with van der Waals surface area (Å²) in [5.41, 5.74) is 2.25. The third kappa shape index (κ3) is 4.96. The van der Waals surface area contributed by atoms with E-state index < -0.39 is 17.3 Å². The Hall–Kier alpha value is -4.28. The summed E-state index contributed by atoms with van der Waals surface area (Å²) in [6, 6.07) is 6.61. The number of fused-ring (bicyclic) bond motifs is 2. The van der Waals surface area contributed by atoms with E-state index in [1.165, 1.54) is 6.07 Å². The van der Waals surface area contributed by atoms with Gasteiger partial charge in [0.1, 0.15) is 11.1 Å². The van der Waals surface area contributed by atoms with Crippen LogP contribution < -0.4 is 10.2 Å². The number of ether oxygens (including phenoxy) is 1. The molecule has 11 heteroatoms. The van der Waals surface area contributed by atoms with Crippen molar-refractivity contribution in [3.63, 3.8) is 0 Å². The molecule has 0 saturated carbocycles. The molecule has 5 rings (SSSR count). The number of hydrogen-bond donors (Lipinski definition) is 1. The first-order valence-electron chi connectivity index (χ1n) is 12.4. The van der Waals surface area contributed by atoms with Crippen molar-refractivity contribution < 1.29 is 18.7 Å². The maximum absolute atomic E-state index is 14.5. The lowest BCUT2D eigenvalue weighted by Crippen LogP contribution is -2.42. The number of anilines is 2. The summed E-state index contributed by atoms with van der Waals surface area (Å²) in [7, 11) is 1.75. The molecule has 0 aliphatic carbocycles. The predicted molar refractivity (Wildman–Crippen MR) is 142 cm³/mol. The van der Waals surface area contributed by atoms with Gasteiger partial charge in [-0.15, -0.1) is 5.10 Å². The number of nitrogens with one attached hydrogen (secondary N) is 1. The fourth-order valence-electron chi connectivity index (χ4n) is 4.73. The molecule has 1 aromatic carbocycles. The number of carbonyl (C=O) groups is 2. The lowest BCUT2D eigenvalue weighted by Gasteiger charge is -2.29. The first-order chi connectivity index (χ1) is 18.0. The van der Waals surface area contributed by atoms with E-state index in [4.69, 9.17) is 4.74 Å². The fourth-order valence-corrected chi connectivity index (χ4v) is 4.73. The Morgan fingerprint density at radius 3 is 2.76 bits per heavy atom. The number of amides is 2. The number of nitrogens with zero attached hydrogens (tertiary/aromatic N) is 6. The second kappa shape index (κ2) is 9.55. The summed E-state index contributed by atoms with van der Waals surface area (Å²) in [5.74, 6) is -0.961. The van der Waals surface area contributed by atoms with E-state index in [-0.39, 0.29) is 17.8 Å². The number of carbonyl (C=O) groups excluding carboxylic acids is 2. The summed E-state index contributed by atoms with van der Waals surface area (Å²) in [6.07, 6.45) is 5.31. The molecule has 38 heavy (non-hydrogen) atoms. The molecule has 1 aliphatic heterocycles. The molecule has 3 aromatic heterocycles. The van der Waals surface area contributed by atoms with Crippen molar-refractivity contribution >= 4 is 39.9 Å². The molecule has 1 saturated heterocycles. The van der Waals surface area contributed by atoms with Gasteiger partial charge < -0.3 is 24.3 Å². The third-order valence-electron chi connectivity index (χ3n) is 6.52. The van der Waals surface area contributed by atoms with E-state index in [1.807, 2.05) is 32.9 Å². The molecule has 0 bridgehead atoms. The van der Waals surface area contributed by atoms with Gasteiger partial charge in [-0.05, 0) is 52.3 Å². The van der Waals surface area contributed by atoms with Gasteiger partial charge in [0.2, 0.25) is 0 Å². The lowest BCUT2D eigenvalue weighted by molar-refractivity contribution is 0.0237. The Labute approximate surface area is 219 Å². The highest BCUT2D eigenvalue weighted by atomic mass is 19.1. The minimum Gasteiger partial charge on any atom is -0.444 e. The summed E-state index contributed by atoms with van der Waals surface area (Å²) < 4.78 is 21.6. The Morgan fingerprint density at radius 2 is 2.00 bits per heavy atom. The van der Waals surface area contributed by atoms with E-state index >= 15 is 0 Å². The molecule has 4 heterocycles. The molecular formula is C27H30FN7O3. The fraction of sp³-hybridized carbons (Fsp3) is 0.370. The molecule has 1 fully saturated rings. The van der Waals surface area contributed by atoms with Crippen molar-refractivity contribution in [1.82, 2.24) is 24.5 Å². The van der Waals surface area contributed by atoms with Crippen molar-refractivity contribution in [3.05, 3.63) is 59.9 Å². The zero-order valence-electron chi connectivity index (χ0n) is 22.0. The van der Waals surface area contributed by atoms with Crippen molar-refractivity contribution in [3.8, 4) is 0 Å².